The van der Waals surface area contributed by atoms with Crippen molar-refractivity contribution in [1.29, 1.82) is 0 Å². The van der Waals surface area contributed by atoms with Gasteiger partial charge in [-0.15, -0.1) is 5.10 Å². The lowest BCUT2D eigenvalue weighted by atomic mass is 10.1. The van der Waals surface area contributed by atoms with Gasteiger partial charge in [-0.1, -0.05) is 42.5 Å². The molecular formula is C21H17FN6O. The number of nitrogens with zero attached hydrogens (tertiary/aromatic N) is 4. The molecule has 0 aliphatic heterocycles. The fourth-order valence-electron chi connectivity index (χ4n) is 2.83. The van der Waals surface area contributed by atoms with E-state index in [1.165, 1.54) is 23.1 Å². The summed E-state index contributed by atoms with van der Waals surface area (Å²) in [6, 6.07) is 21.9. The number of amides is 1. The maximum Gasteiger partial charge on any atom is 0.243 e. The van der Waals surface area contributed by atoms with Crippen molar-refractivity contribution in [1.82, 2.24) is 20.2 Å². The van der Waals surface area contributed by atoms with Gasteiger partial charge in [0.25, 0.3) is 0 Å². The number of aromatic nitrogens is 4. The van der Waals surface area contributed by atoms with Gasteiger partial charge in [-0.3, -0.25) is 4.79 Å². The Morgan fingerprint density at radius 2 is 1.72 bits per heavy atom. The number of anilines is 2. The summed E-state index contributed by atoms with van der Waals surface area (Å²) in [5.74, 6) is -0.758. The quantitative estimate of drug-likeness (QED) is 0.528. The fourth-order valence-corrected chi connectivity index (χ4v) is 2.83. The highest BCUT2D eigenvalue weighted by molar-refractivity contribution is 5.94. The van der Waals surface area contributed by atoms with Gasteiger partial charge in [-0.25, -0.2) is 9.07 Å². The predicted octanol–water partition coefficient (Wildman–Crippen LogP) is 3.52. The zero-order chi connectivity index (χ0) is 20.1. The summed E-state index contributed by atoms with van der Waals surface area (Å²) < 4.78 is 15.4. The minimum Gasteiger partial charge on any atom is -0.374 e. The number of hydrogen-bond donors (Lipinski definition) is 2. The van der Waals surface area contributed by atoms with Crippen molar-refractivity contribution in [2.24, 2.45) is 0 Å². The van der Waals surface area contributed by atoms with E-state index in [-0.39, 0.29) is 18.1 Å². The lowest BCUT2D eigenvalue weighted by Crippen LogP contribution is -2.22. The number of halogens is 1. The number of carbonyl (C=O) groups excluding carboxylic acids is 1. The first-order valence-corrected chi connectivity index (χ1v) is 8.91. The van der Waals surface area contributed by atoms with Crippen LogP contribution in [-0.2, 0) is 4.79 Å². The first-order chi connectivity index (χ1) is 14.2. The van der Waals surface area contributed by atoms with Crippen LogP contribution < -0.4 is 10.6 Å². The van der Waals surface area contributed by atoms with Gasteiger partial charge in [-0.2, -0.15) is 0 Å². The first-order valence-electron chi connectivity index (χ1n) is 8.91. The Bertz CT molecular complexity index is 1100. The van der Waals surface area contributed by atoms with Crippen LogP contribution in [0.15, 0.2) is 79.1 Å². The third-order valence-electron chi connectivity index (χ3n) is 4.28. The van der Waals surface area contributed by atoms with E-state index in [1.807, 2.05) is 54.6 Å². The average Bonchev–Trinajstić information content (AvgIpc) is 3.29. The molecule has 4 aromatic rings. The van der Waals surface area contributed by atoms with Crippen LogP contribution >= 0.6 is 0 Å². The van der Waals surface area contributed by atoms with E-state index in [9.17, 15) is 9.18 Å². The van der Waals surface area contributed by atoms with Gasteiger partial charge in [0.2, 0.25) is 5.91 Å². The molecule has 1 aromatic heterocycles. The van der Waals surface area contributed by atoms with Gasteiger partial charge in [0.15, 0.2) is 0 Å². The van der Waals surface area contributed by atoms with Gasteiger partial charge in [-0.05, 0) is 51.9 Å². The van der Waals surface area contributed by atoms with Gasteiger partial charge in [0, 0.05) is 5.69 Å². The maximum absolute atomic E-state index is 14.0. The van der Waals surface area contributed by atoms with E-state index in [4.69, 9.17) is 0 Å². The Hall–Kier alpha value is -4.07. The van der Waals surface area contributed by atoms with E-state index in [0.717, 1.165) is 11.1 Å². The number of carbonyl (C=O) groups is 1. The normalized spacial score (nSPS) is 10.5. The summed E-state index contributed by atoms with van der Waals surface area (Å²) in [5.41, 5.74) is 3.59. The smallest absolute Gasteiger partial charge is 0.243 e. The van der Waals surface area contributed by atoms with Crippen molar-refractivity contribution in [2.75, 3.05) is 17.2 Å². The van der Waals surface area contributed by atoms with Crippen molar-refractivity contribution in [3.05, 3.63) is 84.9 Å². The summed E-state index contributed by atoms with van der Waals surface area (Å²) in [4.78, 5) is 12.2. The molecule has 29 heavy (non-hydrogen) atoms. The molecule has 3 aromatic carbocycles. The number of tetrazole rings is 1. The van der Waals surface area contributed by atoms with Crippen molar-refractivity contribution in [2.45, 2.75) is 0 Å². The highest BCUT2D eigenvalue weighted by atomic mass is 19.1. The van der Waals surface area contributed by atoms with Crippen LogP contribution in [0.4, 0.5) is 15.8 Å². The molecule has 0 bridgehead atoms. The van der Waals surface area contributed by atoms with Crippen molar-refractivity contribution in [3.63, 3.8) is 0 Å². The number of rotatable bonds is 6. The Labute approximate surface area is 166 Å². The highest BCUT2D eigenvalue weighted by Crippen LogP contribution is 2.21. The molecule has 2 N–H and O–H groups in total. The molecule has 0 spiro atoms. The zero-order valence-electron chi connectivity index (χ0n) is 15.3. The van der Waals surface area contributed by atoms with Crippen LogP contribution in [0, 0.1) is 5.82 Å². The van der Waals surface area contributed by atoms with Crippen LogP contribution in [-0.4, -0.2) is 32.7 Å². The van der Waals surface area contributed by atoms with E-state index in [1.54, 1.807) is 6.07 Å². The third kappa shape index (κ3) is 4.44. The van der Waals surface area contributed by atoms with Crippen LogP contribution in [0.1, 0.15) is 0 Å². The molecule has 1 heterocycles. The molecule has 0 unspecified atom stereocenters. The Balaban J connectivity index is 1.37. The minimum atomic E-state index is -0.471. The van der Waals surface area contributed by atoms with Crippen LogP contribution in [0.3, 0.4) is 0 Å². The molecule has 0 fully saturated rings. The monoisotopic (exact) mass is 388 g/mol. The molecule has 8 heteroatoms. The zero-order valence-corrected chi connectivity index (χ0v) is 15.3. The Kier molecular flexibility index (Phi) is 5.24. The third-order valence-corrected chi connectivity index (χ3v) is 4.28. The van der Waals surface area contributed by atoms with E-state index in [2.05, 4.69) is 26.2 Å². The van der Waals surface area contributed by atoms with Gasteiger partial charge < -0.3 is 10.6 Å². The number of nitrogens with one attached hydrogen (secondary N) is 2. The molecular weight excluding hydrogens is 371 g/mol. The maximum atomic E-state index is 14.0. The largest absolute Gasteiger partial charge is 0.374 e. The molecule has 1 amide bonds. The SMILES string of the molecule is O=C(CNc1cc(-n2cnnn2)ccc1F)Nc1ccc(-c2ccccc2)cc1. The molecule has 7 nitrogen and oxygen atoms in total. The second-order valence-electron chi connectivity index (χ2n) is 6.26. The number of hydrogen-bond acceptors (Lipinski definition) is 5. The molecule has 0 radical (unpaired) electrons. The molecule has 0 saturated carbocycles. The first kappa shape index (κ1) is 18.3. The van der Waals surface area contributed by atoms with Gasteiger partial charge in [0.05, 0.1) is 17.9 Å². The molecule has 0 aliphatic carbocycles. The summed E-state index contributed by atoms with van der Waals surface area (Å²) in [6.45, 7) is -0.0869. The highest BCUT2D eigenvalue weighted by Gasteiger charge is 2.08. The Morgan fingerprint density at radius 3 is 2.45 bits per heavy atom. The molecule has 4 rings (SSSR count). The van der Waals surface area contributed by atoms with E-state index in [0.29, 0.717) is 11.4 Å². The van der Waals surface area contributed by atoms with Crippen LogP contribution in [0.25, 0.3) is 16.8 Å². The molecule has 0 aliphatic rings. The topological polar surface area (TPSA) is 84.7 Å². The van der Waals surface area contributed by atoms with Gasteiger partial charge in [0.1, 0.15) is 12.1 Å². The Morgan fingerprint density at radius 1 is 0.966 bits per heavy atom. The second kappa shape index (κ2) is 8.30. The molecule has 144 valence electrons. The molecule has 0 saturated heterocycles. The van der Waals surface area contributed by atoms with Gasteiger partial charge >= 0.3 is 0 Å². The van der Waals surface area contributed by atoms with Crippen molar-refractivity contribution in [3.8, 4) is 16.8 Å². The summed E-state index contributed by atoms with van der Waals surface area (Å²) in [5, 5.41) is 16.5. The minimum absolute atomic E-state index is 0.0869. The van der Waals surface area contributed by atoms with Crippen molar-refractivity contribution >= 4 is 17.3 Å². The molecule has 0 atom stereocenters. The predicted molar refractivity (Wildman–Crippen MR) is 108 cm³/mol. The second-order valence-corrected chi connectivity index (χ2v) is 6.26. The average molecular weight is 388 g/mol. The van der Waals surface area contributed by atoms with E-state index < -0.39 is 5.82 Å². The summed E-state index contributed by atoms with van der Waals surface area (Å²) in [7, 11) is 0. The van der Waals surface area contributed by atoms with E-state index >= 15 is 0 Å². The standard InChI is InChI=1S/C21H17FN6O/c22-19-11-10-18(28-14-24-26-27-28)12-20(19)23-13-21(29)25-17-8-6-16(7-9-17)15-4-2-1-3-5-15/h1-12,14,23H,13H2,(H,25,29). The van der Waals surface area contributed by atoms with Crippen LogP contribution in [0.2, 0.25) is 0 Å². The fraction of sp³-hybridized carbons (Fsp3) is 0.0476. The van der Waals surface area contributed by atoms with Crippen molar-refractivity contribution < 1.29 is 9.18 Å². The van der Waals surface area contributed by atoms with Crippen LogP contribution in [0.5, 0.6) is 0 Å². The number of benzene rings is 3. The lowest BCUT2D eigenvalue weighted by Gasteiger charge is -2.10. The summed E-state index contributed by atoms with van der Waals surface area (Å²) >= 11 is 0. The summed E-state index contributed by atoms with van der Waals surface area (Å²) in [6.07, 6.45) is 1.41. The lowest BCUT2D eigenvalue weighted by molar-refractivity contribution is -0.114.